The first-order chi connectivity index (χ1) is 10.6. The summed E-state index contributed by atoms with van der Waals surface area (Å²) in [5, 5.41) is 12.0. The summed E-state index contributed by atoms with van der Waals surface area (Å²) < 4.78 is 2.78. The Kier molecular flexibility index (Phi) is 2.74. The van der Waals surface area contributed by atoms with E-state index in [1.165, 1.54) is 0 Å². The Labute approximate surface area is 134 Å². The minimum Gasteiger partial charge on any atom is -0.478 e. The molecule has 4 aromatic rings. The number of carboxylic acids is 1. The third kappa shape index (κ3) is 1.69. The van der Waals surface area contributed by atoms with Gasteiger partial charge >= 0.3 is 5.97 Å². The van der Waals surface area contributed by atoms with Gasteiger partial charge in [-0.15, -0.1) is 0 Å². The van der Waals surface area contributed by atoms with Crippen molar-refractivity contribution in [2.24, 2.45) is 7.05 Å². The molecule has 4 nitrogen and oxygen atoms in total. The second kappa shape index (κ2) is 4.55. The van der Waals surface area contributed by atoms with Gasteiger partial charge < -0.3 is 9.67 Å². The molecule has 0 aliphatic heterocycles. The van der Waals surface area contributed by atoms with Gasteiger partial charge in [-0.05, 0) is 24.3 Å². The summed E-state index contributed by atoms with van der Waals surface area (Å²) in [6, 6.07) is 13.3. The normalized spacial score (nSPS) is 11.5. The van der Waals surface area contributed by atoms with Gasteiger partial charge in [-0.3, -0.25) is 0 Å². The van der Waals surface area contributed by atoms with Crippen molar-refractivity contribution in [1.82, 2.24) is 9.55 Å². The summed E-state index contributed by atoms with van der Waals surface area (Å²) in [7, 11) is 1.91. The van der Waals surface area contributed by atoms with E-state index in [4.69, 9.17) is 0 Å². The number of aryl methyl sites for hydroxylation is 1. The highest BCUT2D eigenvalue weighted by atomic mass is 79.9. The maximum absolute atomic E-state index is 11.9. The van der Waals surface area contributed by atoms with Crippen molar-refractivity contribution in [1.29, 1.82) is 0 Å². The molecule has 22 heavy (non-hydrogen) atoms. The number of hydrogen-bond donors (Lipinski definition) is 1. The lowest BCUT2D eigenvalue weighted by atomic mass is 10.0. The average Bonchev–Trinajstić information content (AvgIpc) is 2.78. The summed E-state index contributed by atoms with van der Waals surface area (Å²) in [6.45, 7) is 0. The maximum atomic E-state index is 11.9. The second-order valence-electron chi connectivity index (χ2n) is 5.23. The van der Waals surface area contributed by atoms with Gasteiger partial charge in [0.1, 0.15) is 5.65 Å². The Morgan fingerprint density at radius 2 is 1.95 bits per heavy atom. The molecular weight excluding hydrogens is 344 g/mol. The number of rotatable bonds is 1. The van der Waals surface area contributed by atoms with Crippen LogP contribution in [-0.4, -0.2) is 20.6 Å². The monoisotopic (exact) mass is 354 g/mol. The van der Waals surface area contributed by atoms with Gasteiger partial charge in [0, 0.05) is 27.7 Å². The fourth-order valence-electron chi connectivity index (χ4n) is 3.03. The molecule has 0 unspecified atom stereocenters. The molecule has 4 rings (SSSR count). The molecule has 108 valence electrons. The SMILES string of the molecule is Cn1c2ccccc2c2c(C(=O)O)c3cc(Br)ccc3nc21. The molecule has 0 radical (unpaired) electrons. The van der Waals surface area contributed by atoms with E-state index < -0.39 is 5.97 Å². The topological polar surface area (TPSA) is 55.1 Å². The molecule has 2 aromatic carbocycles. The maximum Gasteiger partial charge on any atom is 0.337 e. The first-order valence-corrected chi connectivity index (χ1v) is 7.57. The molecule has 0 fully saturated rings. The molecule has 5 heteroatoms. The lowest BCUT2D eigenvalue weighted by molar-refractivity contribution is 0.0701. The van der Waals surface area contributed by atoms with Crippen molar-refractivity contribution in [3.63, 3.8) is 0 Å². The Balaban J connectivity index is 2.38. The van der Waals surface area contributed by atoms with Crippen molar-refractivity contribution in [2.45, 2.75) is 0 Å². The van der Waals surface area contributed by atoms with Crippen LogP contribution in [0, 0.1) is 0 Å². The van der Waals surface area contributed by atoms with Crippen molar-refractivity contribution in [2.75, 3.05) is 0 Å². The van der Waals surface area contributed by atoms with Crippen LogP contribution in [0.5, 0.6) is 0 Å². The molecule has 0 atom stereocenters. The van der Waals surface area contributed by atoms with Crippen LogP contribution in [0.1, 0.15) is 10.4 Å². The van der Waals surface area contributed by atoms with Crippen molar-refractivity contribution in [3.8, 4) is 0 Å². The zero-order valence-corrected chi connectivity index (χ0v) is 13.3. The van der Waals surface area contributed by atoms with Gasteiger partial charge in [0.05, 0.1) is 16.6 Å². The Morgan fingerprint density at radius 3 is 2.73 bits per heavy atom. The molecule has 0 saturated heterocycles. The quantitative estimate of drug-likeness (QED) is 0.553. The number of nitrogens with zero attached hydrogens (tertiary/aromatic N) is 2. The second-order valence-corrected chi connectivity index (χ2v) is 6.14. The van der Waals surface area contributed by atoms with Crippen LogP contribution in [0.4, 0.5) is 0 Å². The van der Waals surface area contributed by atoms with Crippen LogP contribution >= 0.6 is 15.9 Å². The first kappa shape index (κ1) is 13.3. The van der Waals surface area contributed by atoms with E-state index in [2.05, 4.69) is 20.9 Å². The standard InChI is InChI=1S/C17H11BrN2O2/c1-20-13-5-3-2-4-10(13)14-15(17(21)22)11-8-9(18)6-7-12(11)19-16(14)20/h2-8H,1H3,(H,21,22). The Bertz CT molecular complexity index is 1080. The van der Waals surface area contributed by atoms with E-state index in [0.29, 0.717) is 27.5 Å². The van der Waals surface area contributed by atoms with Crippen molar-refractivity contribution < 1.29 is 9.90 Å². The highest BCUT2D eigenvalue weighted by Crippen LogP contribution is 2.34. The van der Waals surface area contributed by atoms with Crippen LogP contribution in [-0.2, 0) is 7.05 Å². The fourth-order valence-corrected chi connectivity index (χ4v) is 3.40. The number of pyridine rings is 1. The lowest BCUT2D eigenvalue weighted by Crippen LogP contribution is -2.01. The van der Waals surface area contributed by atoms with Crippen LogP contribution < -0.4 is 0 Å². The predicted molar refractivity (Wildman–Crippen MR) is 90.4 cm³/mol. The number of para-hydroxylation sites is 1. The molecule has 0 spiro atoms. The van der Waals surface area contributed by atoms with E-state index in [0.717, 1.165) is 15.4 Å². The van der Waals surface area contributed by atoms with Gasteiger partial charge in [-0.2, -0.15) is 0 Å². The van der Waals surface area contributed by atoms with E-state index >= 15 is 0 Å². The third-order valence-corrected chi connectivity index (χ3v) is 4.49. The smallest absolute Gasteiger partial charge is 0.337 e. The van der Waals surface area contributed by atoms with Crippen LogP contribution in [0.2, 0.25) is 0 Å². The van der Waals surface area contributed by atoms with E-state index in [1.54, 1.807) is 0 Å². The summed E-state index contributed by atoms with van der Waals surface area (Å²) in [5.74, 6) is -0.938. The van der Waals surface area contributed by atoms with Gasteiger partial charge in [0.15, 0.2) is 0 Å². The summed E-state index contributed by atoms with van der Waals surface area (Å²) >= 11 is 3.41. The summed E-state index contributed by atoms with van der Waals surface area (Å²) in [4.78, 5) is 16.6. The molecule has 0 aliphatic carbocycles. The number of aromatic carboxylic acids is 1. The molecule has 0 amide bonds. The molecule has 1 N–H and O–H groups in total. The van der Waals surface area contributed by atoms with Crippen molar-refractivity contribution in [3.05, 3.63) is 52.5 Å². The first-order valence-electron chi connectivity index (χ1n) is 6.77. The number of aromatic nitrogens is 2. The number of halogens is 1. The van der Waals surface area contributed by atoms with Gasteiger partial charge in [0.2, 0.25) is 0 Å². The van der Waals surface area contributed by atoms with Crippen LogP contribution in [0.3, 0.4) is 0 Å². The predicted octanol–water partition coefficient (Wildman–Crippen LogP) is 4.34. The Hall–Kier alpha value is -2.40. The van der Waals surface area contributed by atoms with E-state index in [1.807, 2.05) is 54.1 Å². The zero-order valence-electron chi connectivity index (χ0n) is 11.7. The molecule has 2 aromatic heterocycles. The zero-order chi connectivity index (χ0) is 15.4. The average molecular weight is 355 g/mol. The van der Waals surface area contributed by atoms with E-state index in [9.17, 15) is 9.90 Å². The Morgan fingerprint density at radius 1 is 1.18 bits per heavy atom. The molecule has 0 bridgehead atoms. The van der Waals surface area contributed by atoms with Gasteiger partial charge in [0.25, 0.3) is 0 Å². The fraction of sp³-hybridized carbons (Fsp3) is 0.0588. The largest absolute Gasteiger partial charge is 0.478 e. The summed E-state index contributed by atoms with van der Waals surface area (Å²) in [5.41, 5.74) is 2.65. The molecule has 2 heterocycles. The highest BCUT2D eigenvalue weighted by Gasteiger charge is 2.20. The van der Waals surface area contributed by atoms with Crippen LogP contribution in [0.15, 0.2) is 46.9 Å². The lowest BCUT2D eigenvalue weighted by Gasteiger charge is -2.06. The van der Waals surface area contributed by atoms with Crippen molar-refractivity contribution >= 4 is 54.7 Å². The summed E-state index contributed by atoms with van der Waals surface area (Å²) in [6.07, 6.45) is 0. The minimum absolute atomic E-state index is 0.304. The molecule has 0 saturated carbocycles. The number of carbonyl (C=O) groups is 1. The van der Waals surface area contributed by atoms with Gasteiger partial charge in [-0.1, -0.05) is 34.1 Å². The van der Waals surface area contributed by atoms with E-state index in [-0.39, 0.29) is 0 Å². The number of fused-ring (bicyclic) bond motifs is 4. The minimum atomic E-state index is -0.938. The van der Waals surface area contributed by atoms with Crippen LogP contribution in [0.25, 0.3) is 32.8 Å². The number of carboxylic acid groups (broad SMARTS) is 1. The molecule has 0 aliphatic rings. The molecular formula is C17H11BrN2O2. The third-order valence-electron chi connectivity index (χ3n) is 3.99. The van der Waals surface area contributed by atoms with Gasteiger partial charge in [-0.25, -0.2) is 9.78 Å². The number of hydrogen-bond acceptors (Lipinski definition) is 2. The highest BCUT2D eigenvalue weighted by molar-refractivity contribution is 9.10. The number of benzene rings is 2.